The van der Waals surface area contributed by atoms with Crippen LogP contribution >= 0.6 is 0 Å². The molecule has 3 nitrogen and oxygen atoms in total. The Labute approximate surface area is 94.1 Å². The average molecular weight is 209 g/mol. The molecule has 0 saturated carbocycles. The minimum atomic E-state index is 0.616. The summed E-state index contributed by atoms with van der Waals surface area (Å²) in [6.45, 7) is 0. The molecule has 2 aromatic rings. The van der Waals surface area contributed by atoms with Gasteiger partial charge in [-0.05, 0) is 30.3 Å². The molecule has 0 spiro atoms. The van der Waals surface area contributed by atoms with Crippen LogP contribution in [0.5, 0.6) is 0 Å². The Bertz CT molecular complexity index is 541. The number of nitrogens with zero attached hydrogens (tertiary/aromatic N) is 1. The molecule has 2 aromatic carbocycles. The van der Waals surface area contributed by atoms with Crippen LogP contribution in [0.25, 0.3) is 0 Å². The smallest absolute Gasteiger partial charge is 0.101 e. The van der Waals surface area contributed by atoms with E-state index in [0.29, 0.717) is 11.3 Å². The molecule has 0 radical (unpaired) electrons. The molecule has 3 N–H and O–H groups in total. The molecule has 0 fully saturated rings. The fraction of sp³-hybridized carbons (Fsp3) is 0. The maximum atomic E-state index is 8.94. The summed E-state index contributed by atoms with van der Waals surface area (Å²) in [5.41, 5.74) is 8.65. The molecular formula is C13H11N3. The van der Waals surface area contributed by atoms with E-state index in [1.165, 1.54) is 0 Å². The summed E-state index contributed by atoms with van der Waals surface area (Å²) in [6.07, 6.45) is 0. The van der Waals surface area contributed by atoms with E-state index in [9.17, 15) is 0 Å². The van der Waals surface area contributed by atoms with Gasteiger partial charge in [-0.2, -0.15) is 5.26 Å². The Morgan fingerprint density at radius 1 is 1.06 bits per heavy atom. The van der Waals surface area contributed by atoms with Gasteiger partial charge >= 0.3 is 0 Å². The van der Waals surface area contributed by atoms with Crippen LogP contribution < -0.4 is 11.1 Å². The van der Waals surface area contributed by atoms with Crippen LogP contribution in [0.2, 0.25) is 0 Å². The molecule has 0 bridgehead atoms. The minimum absolute atomic E-state index is 0.616. The molecule has 3 heteroatoms. The predicted octanol–water partition coefficient (Wildman–Crippen LogP) is 2.88. The van der Waals surface area contributed by atoms with Crippen molar-refractivity contribution < 1.29 is 0 Å². The highest BCUT2D eigenvalue weighted by atomic mass is 14.9. The topological polar surface area (TPSA) is 61.8 Å². The first-order valence-corrected chi connectivity index (χ1v) is 4.91. The zero-order valence-corrected chi connectivity index (χ0v) is 8.64. The number of hydrogen-bond acceptors (Lipinski definition) is 3. The fourth-order valence-electron chi connectivity index (χ4n) is 1.46. The number of nitrogens with one attached hydrogen (secondary N) is 1. The van der Waals surface area contributed by atoms with E-state index in [0.717, 1.165) is 11.4 Å². The molecule has 2 rings (SSSR count). The second-order valence-electron chi connectivity index (χ2n) is 3.41. The quantitative estimate of drug-likeness (QED) is 0.747. The first-order valence-electron chi connectivity index (χ1n) is 4.91. The van der Waals surface area contributed by atoms with Gasteiger partial charge in [0.15, 0.2) is 0 Å². The number of anilines is 3. The van der Waals surface area contributed by atoms with E-state index in [2.05, 4.69) is 11.4 Å². The van der Waals surface area contributed by atoms with E-state index in [4.69, 9.17) is 11.0 Å². The van der Waals surface area contributed by atoms with Crippen molar-refractivity contribution in [2.75, 3.05) is 11.1 Å². The van der Waals surface area contributed by atoms with Crippen LogP contribution in [-0.2, 0) is 0 Å². The Morgan fingerprint density at radius 2 is 1.88 bits per heavy atom. The highest BCUT2D eigenvalue weighted by Gasteiger charge is 2.00. The average Bonchev–Trinajstić information content (AvgIpc) is 2.30. The Balaban J connectivity index is 2.31. The monoisotopic (exact) mass is 209 g/mol. The van der Waals surface area contributed by atoms with Crippen molar-refractivity contribution in [1.82, 2.24) is 0 Å². The number of hydrogen-bond donors (Lipinski definition) is 2. The minimum Gasteiger partial charge on any atom is -0.399 e. The Morgan fingerprint density at radius 3 is 2.62 bits per heavy atom. The Kier molecular flexibility index (Phi) is 2.75. The van der Waals surface area contributed by atoms with Gasteiger partial charge in [-0.3, -0.25) is 0 Å². The molecule has 16 heavy (non-hydrogen) atoms. The molecule has 0 aliphatic carbocycles. The highest BCUT2D eigenvalue weighted by Crippen LogP contribution is 2.21. The lowest BCUT2D eigenvalue weighted by Gasteiger charge is -2.08. The summed E-state index contributed by atoms with van der Waals surface area (Å²) in [6, 6.07) is 16.9. The zero-order valence-electron chi connectivity index (χ0n) is 8.64. The maximum absolute atomic E-state index is 8.94. The first kappa shape index (κ1) is 10.1. The summed E-state index contributed by atoms with van der Waals surface area (Å²) in [5.74, 6) is 0. The van der Waals surface area contributed by atoms with Crippen molar-refractivity contribution in [3.63, 3.8) is 0 Å². The lowest BCUT2D eigenvalue weighted by Crippen LogP contribution is -1.94. The van der Waals surface area contributed by atoms with Crippen LogP contribution in [0.3, 0.4) is 0 Å². The van der Waals surface area contributed by atoms with Gasteiger partial charge in [-0.25, -0.2) is 0 Å². The summed E-state index contributed by atoms with van der Waals surface area (Å²) < 4.78 is 0. The highest BCUT2D eigenvalue weighted by molar-refractivity contribution is 5.68. The normalized spacial score (nSPS) is 9.44. The number of nitrogen functional groups attached to an aromatic ring is 1. The third kappa shape index (κ3) is 2.12. The van der Waals surface area contributed by atoms with Gasteiger partial charge in [-0.1, -0.05) is 18.2 Å². The van der Waals surface area contributed by atoms with Crippen molar-refractivity contribution in [3.05, 3.63) is 54.1 Å². The first-order chi connectivity index (χ1) is 7.79. The van der Waals surface area contributed by atoms with Crippen molar-refractivity contribution in [1.29, 1.82) is 5.26 Å². The van der Waals surface area contributed by atoms with Gasteiger partial charge < -0.3 is 11.1 Å². The molecule has 0 saturated heterocycles. The number of nitriles is 1. The SMILES string of the molecule is N#Cc1ccccc1Nc1cccc(N)c1. The summed E-state index contributed by atoms with van der Waals surface area (Å²) >= 11 is 0. The summed E-state index contributed by atoms with van der Waals surface area (Å²) in [4.78, 5) is 0. The second kappa shape index (κ2) is 4.37. The van der Waals surface area contributed by atoms with E-state index in [1.54, 1.807) is 6.07 Å². The number of para-hydroxylation sites is 1. The predicted molar refractivity (Wildman–Crippen MR) is 65.3 cm³/mol. The lowest BCUT2D eigenvalue weighted by atomic mass is 10.2. The van der Waals surface area contributed by atoms with Crippen molar-refractivity contribution in [2.24, 2.45) is 0 Å². The van der Waals surface area contributed by atoms with Gasteiger partial charge in [-0.15, -0.1) is 0 Å². The van der Waals surface area contributed by atoms with Crippen LogP contribution in [0, 0.1) is 11.3 Å². The van der Waals surface area contributed by atoms with Gasteiger partial charge in [0.1, 0.15) is 6.07 Å². The van der Waals surface area contributed by atoms with E-state index in [1.807, 2.05) is 42.5 Å². The van der Waals surface area contributed by atoms with Gasteiger partial charge in [0, 0.05) is 11.4 Å². The maximum Gasteiger partial charge on any atom is 0.101 e. The van der Waals surface area contributed by atoms with Crippen molar-refractivity contribution in [3.8, 4) is 6.07 Å². The third-order valence-corrected chi connectivity index (χ3v) is 2.21. The molecule has 0 heterocycles. The molecule has 0 aliphatic rings. The third-order valence-electron chi connectivity index (χ3n) is 2.21. The molecular weight excluding hydrogens is 198 g/mol. The van der Waals surface area contributed by atoms with E-state index < -0.39 is 0 Å². The standard InChI is InChI=1S/C13H11N3/c14-9-10-4-1-2-7-13(10)16-12-6-3-5-11(15)8-12/h1-8,16H,15H2. The number of rotatable bonds is 2. The molecule has 0 aliphatic heterocycles. The summed E-state index contributed by atoms with van der Waals surface area (Å²) in [7, 11) is 0. The van der Waals surface area contributed by atoms with Crippen LogP contribution in [0.15, 0.2) is 48.5 Å². The number of benzene rings is 2. The largest absolute Gasteiger partial charge is 0.399 e. The number of nitrogens with two attached hydrogens (primary N) is 1. The molecule has 0 amide bonds. The lowest BCUT2D eigenvalue weighted by molar-refractivity contribution is 1.46. The van der Waals surface area contributed by atoms with Gasteiger partial charge in [0.05, 0.1) is 11.3 Å². The molecule has 0 unspecified atom stereocenters. The van der Waals surface area contributed by atoms with Crippen molar-refractivity contribution >= 4 is 17.1 Å². The molecule has 0 aromatic heterocycles. The second-order valence-corrected chi connectivity index (χ2v) is 3.41. The zero-order chi connectivity index (χ0) is 11.4. The van der Waals surface area contributed by atoms with Crippen LogP contribution in [0.4, 0.5) is 17.1 Å². The van der Waals surface area contributed by atoms with Gasteiger partial charge in [0.25, 0.3) is 0 Å². The Hall–Kier alpha value is -2.47. The fourth-order valence-corrected chi connectivity index (χ4v) is 1.46. The molecule has 0 atom stereocenters. The van der Waals surface area contributed by atoms with Crippen LogP contribution in [-0.4, -0.2) is 0 Å². The van der Waals surface area contributed by atoms with Crippen molar-refractivity contribution in [2.45, 2.75) is 0 Å². The van der Waals surface area contributed by atoms with E-state index in [-0.39, 0.29) is 0 Å². The van der Waals surface area contributed by atoms with E-state index >= 15 is 0 Å². The van der Waals surface area contributed by atoms with Gasteiger partial charge in [0.2, 0.25) is 0 Å². The molecule has 78 valence electrons. The van der Waals surface area contributed by atoms with Crippen LogP contribution in [0.1, 0.15) is 5.56 Å². The summed E-state index contributed by atoms with van der Waals surface area (Å²) in [5, 5.41) is 12.1.